The van der Waals surface area contributed by atoms with E-state index in [-0.39, 0.29) is 29.5 Å². The van der Waals surface area contributed by atoms with Crippen molar-refractivity contribution in [3.05, 3.63) is 33.9 Å². The third-order valence-electron chi connectivity index (χ3n) is 3.80. The Morgan fingerprint density at radius 2 is 2.22 bits per heavy atom. The predicted octanol–water partition coefficient (Wildman–Crippen LogP) is 1.59. The summed E-state index contributed by atoms with van der Waals surface area (Å²) in [5, 5.41) is 10.8. The molecule has 8 nitrogen and oxygen atoms in total. The molecule has 1 fully saturated rings. The van der Waals surface area contributed by atoms with E-state index in [9.17, 15) is 19.7 Å². The van der Waals surface area contributed by atoms with Crippen molar-refractivity contribution in [3.63, 3.8) is 0 Å². The third-order valence-corrected chi connectivity index (χ3v) is 3.80. The van der Waals surface area contributed by atoms with Crippen molar-refractivity contribution in [1.82, 2.24) is 4.90 Å². The van der Waals surface area contributed by atoms with E-state index in [4.69, 9.17) is 10.5 Å². The molecule has 0 saturated carbocycles. The minimum absolute atomic E-state index is 0.00860. The van der Waals surface area contributed by atoms with Crippen LogP contribution in [0, 0.1) is 16.0 Å². The minimum atomic E-state index is -0.786. The predicted molar refractivity (Wildman–Crippen MR) is 82.8 cm³/mol. The second kappa shape index (κ2) is 7.08. The number of rotatable bonds is 4. The van der Waals surface area contributed by atoms with Crippen LogP contribution in [-0.2, 0) is 9.53 Å². The monoisotopic (exact) mass is 321 g/mol. The van der Waals surface area contributed by atoms with Crippen LogP contribution >= 0.6 is 0 Å². The number of hydrogen-bond acceptors (Lipinski definition) is 6. The first-order valence-corrected chi connectivity index (χ1v) is 7.37. The van der Waals surface area contributed by atoms with Gasteiger partial charge < -0.3 is 15.4 Å². The number of benzene rings is 1. The molecule has 0 aromatic heterocycles. The molecule has 124 valence electrons. The van der Waals surface area contributed by atoms with Crippen LogP contribution < -0.4 is 5.73 Å². The number of nitrogens with two attached hydrogens (primary N) is 1. The Morgan fingerprint density at radius 3 is 2.87 bits per heavy atom. The lowest BCUT2D eigenvalue weighted by Gasteiger charge is -2.30. The Morgan fingerprint density at radius 1 is 1.48 bits per heavy atom. The van der Waals surface area contributed by atoms with E-state index in [1.165, 1.54) is 12.1 Å². The van der Waals surface area contributed by atoms with Crippen LogP contribution in [0.3, 0.4) is 0 Å². The van der Waals surface area contributed by atoms with Gasteiger partial charge in [-0.25, -0.2) is 4.79 Å². The lowest BCUT2D eigenvalue weighted by atomic mass is 10.0. The van der Waals surface area contributed by atoms with Crippen LogP contribution in [0.2, 0.25) is 0 Å². The molecule has 0 unspecified atom stereocenters. The standard InChI is InChI=1S/C15H19N3O5/c1-10-3-2-6-17(8-10)14(19)9-23-15(20)11-4-5-12(16)13(7-11)18(21)22/h4-5,7,10H,2-3,6,8-9,16H2,1H3/t10-/m0/s1. The molecule has 2 rings (SSSR count). The number of likely N-dealkylation sites (tertiary alicyclic amines) is 1. The summed E-state index contributed by atoms with van der Waals surface area (Å²) in [6.07, 6.45) is 2.02. The molecule has 1 aromatic carbocycles. The highest BCUT2D eigenvalue weighted by Gasteiger charge is 2.23. The molecule has 8 heteroatoms. The summed E-state index contributed by atoms with van der Waals surface area (Å²) in [4.78, 5) is 35.8. The molecule has 1 atom stereocenters. The number of piperidine rings is 1. The Kier molecular flexibility index (Phi) is 5.15. The van der Waals surface area contributed by atoms with Gasteiger partial charge in [0.1, 0.15) is 5.69 Å². The van der Waals surface area contributed by atoms with Gasteiger partial charge in [-0.15, -0.1) is 0 Å². The molecular weight excluding hydrogens is 302 g/mol. The summed E-state index contributed by atoms with van der Waals surface area (Å²) in [7, 11) is 0. The molecule has 1 aromatic rings. The van der Waals surface area contributed by atoms with Crippen molar-refractivity contribution in [1.29, 1.82) is 0 Å². The van der Waals surface area contributed by atoms with Crippen molar-refractivity contribution in [2.75, 3.05) is 25.4 Å². The first kappa shape index (κ1) is 16.7. The SMILES string of the molecule is C[C@H]1CCCN(C(=O)COC(=O)c2ccc(N)c([N+](=O)[O-])c2)C1. The molecule has 1 aliphatic heterocycles. The van der Waals surface area contributed by atoms with Gasteiger partial charge in [-0.1, -0.05) is 6.92 Å². The van der Waals surface area contributed by atoms with E-state index >= 15 is 0 Å². The number of esters is 1. The normalized spacial score (nSPS) is 17.6. The van der Waals surface area contributed by atoms with Gasteiger partial charge in [0.15, 0.2) is 6.61 Å². The highest BCUT2D eigenvalue weighted by molar-refractivity contribution is 5.92. The van der Waals surface area contributed by atoms with E-state index in [0.717, 1.165) is 18.9 Å². The quantitative estimate of drug-likeness (QED) is 0.389. The molecule has 23 heavy (non-hydrogen) atoms. The number of carbonyl (C=O) groups is 2. The molecule has 1 saturated heterocycles. The van der Waals surface area contributed by atoms with E-state index in [0.29, 0.717) is 19.0 Å². The Bertz CT molecular complexity index is 632. The maximum Gasteiger partial charge on any atom is 0.338 e. The van der Waals surface area contributed by atoms with Gasteiger partial charge in [-0.05, 0) is 30.9 Å². The molecule has 1 amide bonds. The van der Waals surface area contributed by atoms with Crippen molar-refractivity contribution >= 4 is 23.3 Å². The highest BCUT2D eigenvalue weighted by atomic mass is 16.6. The summed E-state index contributed by atoms with van der Waals surface area (Å²) in [5.41, 5.74) is 5.06. The Labute approximate surface area is 133 Å². The third kappa shape index (κ3) is 4.18. The first-order valence-electron chi connectivity index (χ1n) is 7.37. The van der Waals surface area contributed by atoms with Crippen molar-refractivity contribution in [2.24, 2.45) is 5.92 Å². The molecule has 0 bridgehead atoms. The van der Waals surface area contributed by atoms with Crippen molar-refractivity contribution < 1.29 is 19.2 Å². The van der Waals surface area contributed by atoms with Crippen LogP contribution in [0.5, 0.6) is 0 Å². The summed E-state index contributed by atoms with van der Waals surface area (Å²) >= 11 is 0. The molecule has 0 aliphatic carbocycles. The Hall–Kier alpha value is -2.64. The van der Waals surface area contributed by atoms with E-state index in [2.05, 4.69) is 6.92 Å². The van der Waals surface area contributed by atoms with Crippen molar-refractivity contribution in [3.8, 4) is 0 Å². The number of nitro groups is 1. The fraction of sp³-hybridized carbons (Fsp3) is 0.467. The number of nitrogen functional groups attached to an aromatic ring is 1. The van der Waals surface area contributed by atoms with Gasteiger partial charge in [-0.2, -0.15) is 0 Å². The summed E-state index contributed by atoms with van der Waals surface area (Å²) in [6.45, 7) is 3.01. The molecule has 1 aliphatic rings. The second-order valence-corrected chi connectivity index (χ2v) is 5.69. The number of hydrogen-bond donors (Lipinski definition) is 1. The Balaban J connectivity index is 1.95. The maximum absolute atomic E-state index is 12.0. The van der Waals surface area contributed by atoms with Gasteiger partial charge in [0.05, 0.1) is 10.5 Å². The van der Waals surface area contributed by atoms with E-state index < -0.39 is 10.9 Å². The van der Waals surface area contributed by atoms with Crippen LogP contribution in [0.15, 0.2) is 18.2 Å². The second-order valence-electron chi connectivity index (χ2n) is 5.69. The molecule has 2 N–H and O–H groups in total. The molecule has 0 radical (unpaired) electrons. The maximum atomic E-state index is 12.0. The van der Waals surface area contributed by atoms with Crippen LogP contribution in [0.25, 0.3) is 0 Å². The number of ether oxygens (including phenoxy) is 1. The van der Waals surface area contributed by atoms with Crippen LogP contribution in [0.4, 0.5) is 11.4 Å². The average molecular weight is 321 g/mol. The summed E-state index contributed by atoms with van der Waals surface area (Å²) in [5.74, 6) is -0.607. The van der Waals surface area contributed by atoms with Crippen molar-refractivity contribution in [2.45, 2.75) is 19.8 Å². The number of nitro benzene ring substituents is 1. The lowest BCUT2D eigenvalue weighted by Crippen LogP contribution is -2.41. The fourth-order valence-corrected chi connectivity index (χ4v) is 2.55. The molecular formula is C15H19N3O5. The first-order chi connectivity index (χ1) is 10.9. The van der Waals surface area contributed by atoms with Gasteiger partial charge in [0.2, 0.25) is 0 Å². The topological polar surface area (TPSA) is 116 Å². The zero-order chi connectivity index (χ0) is 17.0. The zero-order valence-corrected chi connectivity index (χ0v) is 12.9. The van der Waals surface area contributed by atoms with E-state index in [1.807, 2.05) is 0 Å². The van der Waals surface area contributed by atoms with Gasteiger partial charge in [0.25, 0.3) is 11.6 Å². The minimum Gasteiger partial charge on any atom is -0.452 e. The number of nitrogens with zero attached hydrogens (tertiary/aromatic N) is 2. The van der Waals surface area contributed by atoms with E-state index in [1.54, 1.807) is 4.90 Å². The van der Waals surface area contributed by atoms with Gasteiger partial charge >= 0.3 is 5.97 Å². The number of amides is 1. The lowest BCUT2D eigenvalue weighted by molar-refractivity contribution is -0.383. The van der Waals surface area contributed by atoms with Gasteiger partial charge in [0, 0.05) is 19.2 Å². The van der Waals surface area contributed by atoms with Crippen LogP contribution in [0.1, 0.15) is 30.1 Å². The fourth-order valence-electron chi connectivity index (χ4n) is 2.55. The largest absolute Gasteiger partial charge is 0.452 e. The van der Waals surface area contributed by atoms with Gasteiger partial charge in [-0.3, -0.25) is 14.9 Å². The zero-order valence-electron chi connectivity index (χ0n) is 12.9. The number of carbonyl (C=O) groups excluding carboxylic acids is 2. The smallest absolute Gasteiger partial charge is 0.338 e. The average Bonchev–Trinajstić information content (AvgIpc) is 2.52. The number of anilines is 1. The summed E-state index contributed by atoms with van der Waals surface area (Å²) < 4.78 is 4.96. The molecule has 0 spiro atoms. The van der Waals surface area contributed by atoms with Crippen LogP contribution in [-0.4, -0.2) is 41.4 Å². The highest BCUT2D eigenvalue weighted by Crippen LogP contribution is 2.22. The molecule has 1 heterocycles. The summed E-state index contributed by atoms with van der Waals surface area (Å²) in [6, 6.07) is 3.64.